The van der Waals surface area contributed by atoms with E-state index in [2.05, 4.69) is 4.98 Å². The van der Waals surface area contributed by atoms with E-state index in [4.69, 9.17) is 25.5 Å². The highest BCUT2D eigenvalue weighted by atomic mass is 35.5. The lowest BCUT2D eigenvalue weighted by Crippen LogP contribution is -2.29. The van der Waals surface area contributed by atoms with Crippen LogP contribution in [0.5, 0.6) is 11.5 Å². The Morgan fingerprint density at radius 2 is 2.03 bits per heavy atom. The second kappa shape index (κ2) is 7.96. The molecule has 9 heteroatoms. The maximum absolute atomic E-state index is 13.6. The van der Waals surface area contributed by atoms with Gasteiger partial charge in [0.2, 0.25) is 5.76 Å². The molecule has 1 atom stereocenters. The fourth-order valence-electron chi connectivity index (χ4n) is 3.92. The molecule has 5 rings (SSSR count). The zero-order valence-corrected chi connectivity index (χ0v) is 18.7. The van der Waals surface area contributed by atoms with E-state index in [-0.39, 0.29) is 16.8 Å². The predicted molar refractivity (Wildman–Crippen MR) is 122 cm³/mol. The number of thiazole rings is 1. The summed E-state index contributed by atoms with van der Waals surface area (Å²) in [6, 6.07) is 9.35. The van der Waals surface area contributed by atoms with Gasteiger partial charge < -0.3 is 13.9 Å². The van der Waals surface area contributed by atoms with E-state index < -0.39 is 11.9 Å². The number of anilines is 1. The fourth-order valence-corrected chi connectivity index (χ4v) is 4.76. The van der Waals surface area contributed by atoms with Crippen LogP contribution in [0.2, 0.25) is 5.02 Å². The number of benzene rings is 2. The van der Waals surface area contributed by atoms with Crippen molar-refractivity contribution in [2.75, 3.05) is 18.6 Å². The molecule has 0 N–H and O–H groups in total. The van der Waals surface area contributed by atoms with Crippen LogP contribution in [-0.2, 0) is 0 Å². The summed E-state index contributed by atoms with van der Waals surface area (Å²) in [4.78, 5) is 32.8. The van der Waals surface area contributed by atoms with Crippen molar-refractivity contribution in [3.8, 4) is 11.5 Å². The lowest BCUT2D eigenvalue weighted by molar-refractivity contribution is 0.0971. The van der Waals surface area contributed by atoms with Crippen LogP contribution in [0, 0.1) is 0 Å². The first kappa shape index (κ1) is 20.5. The van der Waals surface area contributed by atoms with Gasteiger partial charge in [-0.1, -0.05) is 17.7 Å². The van der Waals surface area contributed by atoms with Gasteiger partial charge in [0, 0.05) is 16.6 Å². The maximum Gasteiger partial charge on any atom is 0.297 e. The molecule has 3 heterocycles. The molecule has 0 saturated carbocycles. The molecule has 0 fully saturated rings. The zero-order valence-electron chi connectivity index (χ0n) is 17.1. The molecular formula is C23H17ClN2O5S. The van der Waals surface area contributed by atoms with Crippen molar-refractivity contribution < 1.29 is 18.7 Å². The number of nitrogens with zero attached hydrogens (tertiary/aromatic N) is 2. The van der Waals surface area contributed by atoms with Crippen LogP contribution >= 0.6 is 22.9 Å². The molecule has 1 unspecified atom stereocenters. The van der Waals surface area contributed by atoms with E-state index >= 15 is 0 Å². The molecule has 1 amide bonds. The normalized spacial score (nSPS) is 15.3. The number of hydrogen-bond acceptors (Lipinski definition) is 7. The van der Waals surface area contributed by atoms with E-state index in [9.17, 15) is 9.59 Å². The number of halogens is 1. The summed E-state index contributed by atoms with van der Waals surface area (Å²) in [5.41, 5.74) is 0.900. The molecule has 0 saturated heterocycles. The third kappa shape index (κ3) is 3.14. The van der Waals surface area contributed by atoms with Gasteiger partial charge in [-0.2, -0.15) is 0 Å². The summed E-state index contributed by atoms with van der Waals surface area (Å²) in [5, 5.41) is 2.95. The molecule has 0 bridgehead atoms. The molecule has 162 valence electrons. The van der Waals surface area contributed by atoms with Crippen molar-refractivity contribution >= 4 is 44.9 Å². The number of carbonyl (C=O) groups excluding carboxylic acids is 1. The predicted octanol–water partition coefficient (Wildman–Crippen LogP) is 5.06. The van der Waals surface area contributed by atoms with Crippen LogP contribution in [0.3, 0.4) is 0 Å². The minimum absolute atomic E-state index is 0.00197. The van der Waals surface area contributed by atoms with E-state index in [1.165, 1.54) is 23.3 Å². The Hall–Kier alpha value is -3.36. The molecule has 0 spiro atoms. The highest BCUT2D eigenvalue weighted by Crippen LogP contribution is 2.43. The maximum atomic E-state index is 13.6. The average Bonchev–Trinajstić information content (AvgIpc) is 3.41. The molecule has 7 nitrogen and oxygen atoms in total. The van der Waals surface area contributed by atoms with Crippen molar-refractivity contribution in [2.24, 2.45) is 0 Å². The molecule has 2 aromatic heterocycles. The minimum Gasteiger partial charge on any atom is -0.493 e. The Morgan fingerprint density at radius 3 is 2.75 bits per heavy atom. The van der Waals surface area contributed by atoms with Gasteiger partial charge in [-0.05, 0) is 42.8 Å². The van der Waals surface area contributed by atoms with Crippen LogP contribution in [0.15, 0.2) is 57.2 Å². The number of fused-ring (bicyclic) bond motifs is 2. The highest BCUT2D eigenvalue weighted by Gasteiger charge is 2.45. The number of aromatic nitrogens is 1. The van der Waals surface area contributed by atoms with Crippen molar-refractivity contribution in [3.05, 3.63) is 80.1 Å². The number of methoxy groups -OCH3 is 1. The van der Waals surface area contributed by atoms with Gasteiger partial charge in [0.15, 0.2) is 22.1 Å². The second-order valence-electron chi connectivity index (χ2n) is 7.05. The Morgan fingerprint density at radius 1 is 1.19 bits per heavy atom. The molecule has 1 aliphatic rings. The van der Waals surface area contributed by atoms with Crippen molar-refractivity contribution in [2.45, 2.75) is 13.0 Å². The van der Waals surface area contributed by atoms with Crippen molar-refractivity contribution in [1.82, 2.24) is 4.98 Å². The lowest BCUT2D eigenvalue weighted by atomic mass is 9.98. The Balaban J connectivity index is 1.78. The highest BCUT2D eigenvalue weighted by molar-refractivity contribution is 7.13. The van der Waals surface area contributed by atoms with E-state index in [0.29, 0.717) is 44.8 Å². The van der Waals surface area contributed by atoms with Crippen LogP contribution in [0.1, 0.15) is 34.6 Å². The molecule has 4 aromatic rings. The molecule has 0 radical (unpaired) electrons. The molecule has 2 aromatic carbocycles. The van der Waals surface area contributed by atoms with E-state index in [1.54, 1.807) is 41.9 Å². The number of ether oxygens (including phenoxy) is 2. The average molecular weight is 469 g/mol. The topological polar surface area (TPSA) is 81.9 Å². The summed E-state index contributed by atoms with van der Waals surface area (Å²) in [6.07, 6.45) is 1.61. The summed E-state index contributed by atoms with van der Waals surface area (Å²) in [5.74, 6) is 0.638. The van der Waals surface area contributed by atoms with Gasteiger partial charge in [0.25, 0.3) is 5.91 Å². The van der Waals surface area contributed by atoms with Crippen LogP contribution < -0.4 is 19.8 Å². The van der Waals surface area contributed by atoms with E-state index in [0.717, 1.165) is 0 Å². The molecular weight excluding hydrogens is 452 g/mol. The standard InChI is InChI=1S/C23H17ClN2O5S/c1-3-30-16-6-4-12(10-17(16)29-2)19-18-20(27)14-11-13(24)5-7-15(14)31-21(18)22(28)26(19)23-25-8-9-32-23/h4-11,19H,3H2,1-2H3. The number of hydrogen-bond donors (Lipinski definition) is 0. The first-order chi connectivity index (χ1) is 15.5. The monoisotopic (exact) mass is 468 g/mol. The van der Waals surface area contributed by atoms with Crippen molar-refractivity contribution in [3.63, 3.8) is 0 Å². The number of amides is 1. The number of rotatable bonds is 5. The summed E-state index contributed by atoms with van der Waals surface area (Å²) in [7, 11) is 1.54. The van der Waals surface area contributed by atoms with Crippen LogP contribution in [0.4, 0.5) is 5.13 Å². The van der Waals surface area contributed by atoms with Crippen LogP contribution in [-0.4, -0.2) is 24.6 Å². The SMILES string of the molecule is CCOc1ccc(C2c3c(oc4ccc(Cl)cc4c3=O)C(=O)N2c2nccs2)cc1OC. The summed E-state index contributed by atoms with van der Waals surface area (Å²) >= 11 is 7.42. The zero-order chi connectivity index (χ0) is 22.4. The molecule has 1 aliphatic heterocycles. The smallest absolute Gasteiger partial charge is 0.297 e. The first-order valence-corrected chi connectivity index (χ1v) is 11.1. The van der Waals surface area contributed by atoms with Gasteiger partial charge in [0.05, 0.1) is 30.7 Å². The largest absolute Gasteiger partial charge is 0.493 e. The number of carbonyl (C=O) groups is 1. The quantitative estimate of drug-likeness (QED) is 0.407. The van der Waals surface area contributed by atoms with Gasteiger partial charge in [-0.3, -0.25) is 14.5 Å². The van der Waals surface area contributed by atoms with Gasteiger partial charge in [-0.15, -0.1) is 11.3 Å². The van der Waals surface area contributed by atoms with Gasteiger partial charge in [-0.25, -0.2) is 4.98 Å². The van der Waals surface area contributed by atoms with E-state index in [1.807, 2.05) is 13.0 Å². The Kier molecular flexibility index (Phi) is 5.11. The Labute approximate surface area is 191 Å². The third-order valence-electron chi connectivity index (χ3n) is 5.26. The minimum atomic E-state index is -0.743. The first-order valence-electron chi connectivity index (χ1n) is 9.83. The molecule has 32 heavy (non-hydrogen) atoms. The van der Waals surface area contributed by atoms with Crippen LogP contribution in [0.25, 0.3) is 11.0 Å². The summed E-state index contributed by atoms with van der Waals surface area (Å²) < 4.78 is 17.0. The van der Waals surface area contributed by atoms with Crippen molar-refractivity contribution in [1.29, 1.82) is 0 Å². The Bertz CT molecular complexity index is 1400. The molecule has 0 aliphatic carbocycles. The summed E-state index contributed by atoms with van der Waals surface area (Å²) in [6.45, 7) is 2.35. The second-order valence-corrected chi connectivity index (χ2v) is 8.36. The fraction of sp³-hybridized carbons (Fsp3) is 0.174. The van der Waals surface area contributed by atoms with Gasteiger partial charge in [0.1, 0.15) is 5.58 Å². The lowest BCUT2D eigenvalue weighted by Gasteiger charge is -2.23. The van der Waals surface area contributed by atoms with Gasteiger partial charge >= 0.3 is 0 Å². The third-order valence-corrected chi connectivity index (χ3v) is 6.27.